The zero-order valence-corrected chi connectivity index (χ0v) is 19.5. The summed E-state index contributed by atoms with van der Waals surface area (Å²) in [6, 6.07) is 28.0. The van der Waals surface area contributed by atoms with Crippen molar-refractivity contribution in [2.75, 3.05) is 11.6 Å². The number of amides is 1. The van der Waals surface area contributed by atoms with E-state index in [1.807, 2.05) is 91.0 Å². The van der Waals surface area contributed by atoms with Gasteiger partial charge in [-0.1, -0.05) is 78.9 Å². The third-order valence-corrected chi connectivity index (χ3v) is 5.79. The molecule has 0 fully saturated rings. The van der Waals surface area contributed by atoms with E-state index in [1.165, 1.54) is 6.92 Å². The van der Waals surface area contributed by atoms with Crippen molar-refractivity contribution in [3.8, 4) is 0 Å². The molecule has 0 saturated heterocycles. The second kappa shape index (κ2) is 11.2. The number of hydrogen-bond donors (Lipinski definition) is 1. The zero-order chi connectivity index (χ0) is 24.6. The fraction of sp³-hybridized carbons (Fsp3) is 0.214. The average molecular weight is 470 g/mol. The van der Waals surface area contributed by atoms with Gasteiger partial charge >= 0.3 is 5.97 Å². The van der Waals surface area contributed by atoms with Crippen LogP contribution in [-0.2, 0) is 25.5 Å². The molecule has 3 aromatic carbocycles. The lowest BCUT2D eigenvalue weighted by atomic mass is 10.0. The summed E-state index contributed by atoms with van der Waals surface area (Å²) in [7, 11) is 0. The van der Waals surface area contributed by atoms with Crippen LogP contribution in [0.1, 0.15) is 30.5 Å². The van der Waals surface area contributed by atoms with Gasteiger partial charge in [-0.05, 0) is 36.6 Å². The number of carbonyl (C=O) groups is 3. The summed E-state index contributed by atoms with van der Waals surface area (Å²) in [5.41, 5.74) is 3.04. The number of anilines is 1. The van der Waals surface area contributed by atoms with Crippen molar-refractivity contribution in [1.29, 1.82) is 0 Å². The van der Waals surface area contributed by atoms with E-state index in [4.69, 9.17) is 4.74 Å². The molecule has 0 radical (unpaired) electrons. The first-order valence-electron chi connectivity index (χ1n) is 11.5. The molecule has 1 amide bonds. The summed E-state index contributed by atoms with van der Waals surface area (Å²) in [5.74, 6) is -1.35. The Kier molecular flexibility index (Phi) is 7.67. The number of ether oxygens (including phenoxy) is 1. The maximum Gasteiger partial charge on any atom is 0.355 e. The number of nitrogens with one attached hydrogen (secondary N) is 1. The Morgan fingerprint density at radius 3 is 2.17 bits per heavy atom. The highest BCUT2D eigenvalue weighted by atomic mass is 16.5. The summed E-state index contributed by atoms with van der Waals surface area (Å²) in [5, 5.41) is 9.00. The third-order valence-electron chi connectivity index (χ3n) is 5.79. The number of Topliss-reactive ketones (excluding diaryl/α,β-unsaturated/α-hetero) is 1. The smallest absolute Gasteiger partial charge is 0.355 e. The average Bonchev–Trinajstić information content (AvgIpc) is 3.34. The van der Waals surface area contributed by atoms with Crippen molar-refractivity contribution in [3.05, 3.63) is 102 Å². The first-order chi connectivity index (χ1) is 17.0. The van der Waals surface area contributed by atoms with Crippen LogP contribution in [0.2, 0.25) is 0 Å². The quantitative estimate of drug-likeness (QED) is 0.481. The molecule has 0 spiro atoms. The van der Waals surface area contributed by atoms with Gasteiger partial charge < -0.3 is 10.1 Å². The molecule has 1 N–H and O–H groups in total. The number of ketones is 1. The van der Waals surface area contributed by atoms with Crippen LogP contribution in [0.4, 0.5) is 5.69 Å². The summed E-state index contributed by atoms with van der Waals surface area (Å²) >= 11 is 0. The topological polar surface area (TPSA) is 88.1 Å². The van der Waals surface area contributed by atoms with Crippen LogP contribution in [0.15, 0.2) is 96.1 Å². The van der Waals surface area contributed by atoms with E-state index < -0.39 is 24.5 Å². The molecular formula is C28H27N3O4. The minimum atomic E-state index is -0.691. The Morgan fingerprint density at radius 2 is 1.54 bits per heavy atom. The molecule has 3 aromatic rings. The van der Waals surface area contributed by atoms with E-state index in [1.54, 1.807) is 5.01 Å². The lowest BCUT2D eigenvalue weighted by Gasteiger charge is -2.23. The van der Waals surface area contributed by atoms with Crippen LogP contribution in [0.5, 0.6) is 0 Å². The Labute approximate surface area is 204 Å². The van der Waals surface area contributed by atoms with Crippen molar-refractivity contribution < 1.29 is 19.1 Å². The van der Waals surface area contributed by atoms with Crippen molar-refractivity contribution in [3.63, 3.8) is 0 Å². The molecule has 0 saturated carbocycles. The molecule has 1 aliphatic heterocycles. The van der Waals surface area contributed by atoms with E-state index in [0.29, 0.717) is 12.8 Å². The summed E-state index contributed by atoms with van der Waals surface area (Å²) in [6.45, 7) is 0.937. The molecule has 35 heavy (non-hydrogen) atoms. The molecule has 0 aromatic heterocycles. The Hall–Kier alpha value is -4.26. The lowest BCUT2D eigenvalue weighted by Crippen LogP contribution is -2.43. The van der Waals surface area contributed by atoms with Crippen LogP contribution in [-0.4, -0.2) is 36.0 Å². The van der Waals surface area contributed by atoms with Gasteiger partial charge in [0.15, 0.2) is 12.4 Å². The number of carbonyl (C=O) groups excluding carboxylic acids is 3. The molecule has 7 nitrogen and oxygen atoms in total. The molecule has 0 bridgehead atoms. The molecule has 4 rings (SSSR count). The normalized spacial score (nSPS) is 15.7. The highest BCUT2D eigenvalue weighted by Crippen LogP contribution is 2.35. The van der Waals surface area contributed by atoms with Gasteiger partial charge in [-0.3, -0.25) is 14.6 Å². The van der Waals surface area contributed by atoms with Crippen LogP contribution >= 0.6 is 0 Å². The molecule has 1 heterocycles. The second-order valence-corrected chi connectivity index (χ2v) is 8.35. The maximum atomic E-state index is 12.8. The van der Waals surface area contributed by atoms with Crippen LogP contribution in [0, 0.1) is 0 Å². The number of nitrogens with zero attached hydrogens (tertiary/aromatic N) is 2. The van der Waals surface area contributed by atoms with Gasteiger partial charge in [0.05, 0.1) is 17.8 Å². The van der Waals surface area contributed by atoms with E-state index >= 15 is 0 Å². The number of benzene rings is 3. The fourth-order valence-electron chi connectivity index (χ4n) is 3.98. The zero-order valence-electron chi connectivity index (χ0n) is 19.5. The fourth-order valence-corrected chi connectivity index (χ4v) is 3.98. The van der Waals surface area contributed by atoms with E-state index in [2.05, 4.69) is 10.4 Å². The number of hydrazone groups is 1. The minimum absolute atomic E-state index is 0.164. The summed E-state index contributed by atoms with van der Waals surface area (Å²) in [6.07, 6.45) is 0.719. The van der Waals surface area contributed by atoms with E-state index in [-0.39, 0.29) is 17.5 Å². The number of esters is 1. The molecule has 0 aliphatic carbocycles. The SMILES string of the molecule is CC(=O)[C@H](Cc1ccccc1)NC(=O)COC(=O)C1=NN(c2ccccc2)[C@H](c2ccccc2)C1. The highest BCUT2D eigenvalue weighted by molar-refractivity contribution is 6.37. The molecular weight excluding hydrogens is 442 g/mol. The standard InChI is InChI=1S/C28H27N3O4/c1-20(32)24(17-21-11-5-2-6-12-21)29-27(33)19-35-28(34)25-18-26(22-13-7-3-8-14-22)31(30-25)23-15-9-4-10-16-23/h2-16,24,26H,17-19H2,1H3,(H,29,33)/t24-,26-/m0/s1. The maximum absolute atomic E-state index is 12.8. The molecule has 1 aliphatic rings. The van der Waals surface area contributed by atoms with Crippen LogP contribution in [0.25, 0.3) is 0 Å². The lowest BCUT2D eigenvalue weighted by molar-refractivity contribution is -0.142. The van der Waals surface area contributed by atoms with Crippen molar-refractivity contribution in [1.82, 2.24) is 5.32 Å². The first-order valence-corrected chi connectivity index (χ1v) is 11.5. The predicted octanol–water partition coefficient (Wildman–Crippen LogP) is 3.85. The number of hydrogen-bond acceptors (Lipinski definition) is 6. The van der Waals surface area contributed by atoms with Crippen molar-refractivity contribution in [2.24, 2.45) is 5.10 Å². The number of rotatable bonds is 9. The van der Waals surface area contributed by atoms with Gasteiger partial charge in [0.25, 0.3) is 5.91 Å². The van der Waals surface area contributed by atoms with Gasteiger partial charge in [0.1, 0.15) is 5.71 Å². The first kappa shape index (κ1) is 23.9. The Morgan fingerprint density at radius 1 is 0.943 bits per heavy atom. The Bertz CT molecular complexity index is 1200. The van der Waals surface area contributed by atoms with Gasteiger partial charge in [0.2, 0.25) is 0 Å². The van der Waals surface area contributed by atoms with E-state index in [9.17, 15) is 14.4 Å². The van der Waals surface area contributed by atoms with Crippen molar-refractivity contribution >= 4 is 29.1 Å². The summed E-state index contributed by atoms with van der Waals surface area (Å²) < 4.78 is 5.27. The number of para-hydroxylation sites is 1. The molecule has 7 heteroatoms. The Balaban J connectivity index is 1.39. The largest absolute Gasteiger partial charge is 0.451 e. The highest BCUT2D eigenvalue weighted by Gasteiger charge is 2.33. The van der Waals surface area contributed by atoms with Crippen LogP contribution in [0.3, 0.4) is 0 Å². The van der Waals surface area contributed by atoms with E-state index in [0.717, 1.165) is 16.8 Å². The van der Waals surface area contributed by atoms with Gasteiger partial charge in [-0.2, -0.15) is 5.10 Å². The molecule has 2 atom stereocenters. The monoisotopic (exact) mass is 469 g/mol. The summed E-state index contributed by atoms with van der Waals surface area (Å²) in [4.78, 5) is 37.3. The van der Waals surface area contributed by atoms with Crippen molar-refractivity contribution in [2.45, 2.75) is 31.8 Å². The molecule has 178 valence electrons. The molecule has 0 unspecified atom stereocenters. The van der Waals surface area contributed by atoms with Gasteiger partial charge in [-0.25, -0.2) is 4.79 Å². The predicted molar refractivity (Wildman–Crippen MR) is 134 cm³/mol. The van der Waals surface area contributed by atoms with Gasteiger partial charge in [-0.15, -0.1) is 0 Å². The van der Waals surface area contributed by atoms with Crippen LogP contribution < -0.4 is 10.3 Å². The second-order valence-electron chi connectivity index (χ2n) is 8.35. The van der Waals surface area contributed by atoms with Gasteiger partial charge in [0, 0.05) is 6.42 Å². The minimum Gasteiger partial charge on any atom is -0.451 e. The third kappa shape index (κ3) is 6.20.